The Balaban J connectivity index is 1.56. The topological polar surface area (TPSA) is 84.9 Å². The third-order valence-corrected chi connectivity index (χ3v) is 4.63. The molecule has 0 saturated carbocycles. The van der Waals surface area contributed by atoms with Crippen molar-refractivity contribution in [2.24, 2.45) is 4.99 Å². The van der Waals surface area contributed by atoms with E-state index in [1.54, 1.807) is 32.6 Å². The van der Waals surface area contributed by atoms with Gasteiger partial charge in [0.1, 0.15) is 5.76 Å². The number of nitrogens with zero attached hydrogens (tertiary/aromatic N) is 4. The van der Waals surface area contributed by atoms with Crippen LogP contribution < -0.4 is 5.32 Å². The van der Waals surface area contributed by atoms with Crippen LogP contribution in [0.15, 0.2) is 40.2 Å². The van der Waals surface area contributed by atoms with E-state index in [0.717, 1.165) is 50.6 Å². The fourth-order valence-corrected chi connectivity index (χ4v) is 3.31. The first-order chi connectivity index (χ1) is 13.2. The zero-order valence-corrected chi connectivity index (χ0v) is 15.9. The number of aliphatic imine (C=N–C) groups is 1. The maximum Gasteiger partial charge on any atom is 0.341 e. The van der Waals surface area contributed by atoms with Gasteiger partial charge in [0.2, 0.25) is 0 Å². The summed E-state index contributed by atoms with van der Waals surface area (Å²) in [5, 5.41) is 7.78. The second-order valence-corrected chi connectivity index (χ2v) is 6.47. The van der Waals surface area contributed by atoms with Crippen LogP contribution in [0.2, 0.25) is 0 Å². The highest BCUT2D eigenvalue weighted by atomic mass is 16.5. The first-order valence-corrected chi connectivity index (χ1v) is 9.40. The van der Waals surface area contributed by atoms with Gasteiger partial charge < -0.3 is 19.4 Å². The molecule has 1 saturated heterocycles. The SMILES string of the molecule is CCOC(=O)c1cnn(C2CCCN(C(=NC)NCCc3ccco3)C2)c1. The van der Waals surface area contributed by atoms with Crippen LogP contribution >= 0.6 is 0 Å². The molecule has 0 spiro atoms. The highest BCUT2D eigenvalue weighted by Crippen LogP contribution is 2.21. The molecule has 1 aliphatic rings. The minimum absolute atomic E-state index is 0.200. The molecule has 3 heterocycles. The lowest BCUT2D eigenvalue weighted by Gasteiger charge is -2.35. The Bertz CT molecular complexity index is 753. The molecule has 3 rings (SSSR count). The molecule has 1 fully saturated rings. The average molecular weight is 373 g/mol. The number of hydrogen-bond donors (Lipinski definition) is 1. The summed E-state index contributed by atoms with van der Waals surface area (Å²) in [5.41, 5.74) is 0.495. The minimum atomic E-state index is -0.327. The van der Waals surface area contributed by atoms with Gasteiger partial charge in [0.15, 0.2) is 5.96 Å². The number of ether oxygens (including phenoxy) is 1. The Morgan fingerprint density at radius 3 is 3.15 bits per heavy atom. The monoisotopic (exact) mass is 373 g/mol. The van der Waals surface area contributed by atoms with E-state index in [1.807, 2.05) is 16.8 Å². The number of likely N-dealkylation sites (tertiary alicyclic amines) is 1. The first kappa shape index (κ1) is 19.0. The molecule has 1 N–H and O–H groups in total. The highest BCUT2D eigenvalue weighted by molar-refractivity contribution is 5.88. The normalized spacial score (nSPS) is 17.8. The zero-order chi connectivity index (χ0) is 19.1. The summed E-state index contributed by atoms with van der Waals surface area (Å²) < 4.78 is 12.3. The van der Waals surface area contributed by atoms with Crippen molar-refractivity contribution in [1.82, 2.24) is 20.0 Å². The van der Waals surface area contributed by atoms with Crippen molar-refractivity contribution in [1.29, 1.82) is 0 Å². The number of carbonyl (C=O) groups is 1. The van der Waals surface area contributed by atoms with E-state index >= 15 is 0 Å². The molecule has 2 aromatic heterocycles. The van der Waals surface area contributed by atoms with E-state index in [9.17, 15) is 4.79 Å². The largest absolute Gasteiger partial charge is 0.469 e. The van der Waals surface area contributed by atoms with Gasteiger partial charge in [-0.1, -0.05) is 0 Å². The maximum atomic E-state index is 11.9. The molecule has 0 aromatic carbocycles. The molecular formula is C19H27N5O3. The lowest BCUT2D eigenvalue weighted by atomic mass is 10.1. The van der Waals surface area contributed by atoms with Crippen molar-refractivity contribution in [2.45, 2.75) is 32.2 Å². The summed E-state index contributed by atoms with van der Waals surface area (Å²) in [7, 11) is 1.80. The van der Waals surface area contributed by atoms with Crippen molar-refractivity contribution >= 4 is 11.9 Å². The van der Waals surface area contributed by atoms with Gasteiger partial charge >= 0.3 is 5.97 Å². The van der Waals surface area contributed by atoms with E-state index < -0.39 is 0 Å². The van der Waals surface area contributed by atoms with Crippen LogP contribution in [0, 0.1) is 0 Å². The predicted molar refractivity (Wildman–Crippen MR) is 102 cm³/mol. The number of esters is 1. The van der Waals surface area contributed by atoms with Gasteiger partial charge in [-0.3, -0.25) is 9.67 Å². The van der Waals surface area contributed by atoms with Gasteiger partial charge in [-0.2, -0.15) is 5.10 Å². The Kier molecular flexibility index (Phi) is 6.51. The van der Waals surface area contributed by atoms with Gasteiger partial charge in [0.05, 0.1) is 30.7 Å². The van der Waals surface area contributed by atoms with E-state index in [0.29, 0.717) is 12.2 Å². The van der Waals surface area contributed by atoms with Crippen molar-refractivity contribution in [3.05, 3.63) is 42.1 Å². The number of piperidine rings is 1. The van der Waals surface area contributed by atoms with Crippen molar-refractivity contribution in [3.8, 4) is 0 Å². The van der Waals surface area contributed by atoms with Crippen LogP contribution in [0.3, 0.4) is 0 Å². The number of nitrogens with one attached hydrogen (secondary N) is 1. The maximum absolute atomic E-state index is 11.9. The molecule has 2 aromatic rings. The number of rotatable bonds is 6. The Labute approximate surface area is 159 Å². The lowest BCUT2D eigenvalue weighted by Crippen LogP contribution is -2.47. The lowest BCUT2D eigenvalue weighted by molar-refractivity contribution is 0.0526. The predicted octanol–water partition coefficient (Wildman–Crippen LogP) is 2.11. The second kappa shape index (κ2) is 9.25. The molecule has 1 aliphatic heterocycles. The molecule has 8 heteroatoms. The quantitative estimate of drug-likeness (QED) is 0.474. The Morgan fingerprint density at radius 1 is 1.52 bits per heavy atom. The molecule has 1 atom stereocenters. The van der Waals surface area contributed by atoms with Crippen LogP contribution in [-0.2, 0) is 11.2 Å². The van der Waals surface area contributed by atoms with Crippen molar-refractivity contribution in [3.63, 3.8) is 0 Å². The highest BCUT2D eigenvalue weighted by Gasteiger charge is 2.24. The van der Waals surface area contributed by atoms with Gasteiger partial charge in [0, 0.05) is 39.3 Å². The Morgan fingerprint density at radius 2 is 2.41 bits per heavy atom. The molecule has 8 nitrogen and oxygen atoms in total. The third kappa shape index (κ3) is 4.90. The molecule has 27 heavy (non-hydrogen) atoms. The number of hydrogen-bond acceptors (Lipinski definition) is 5. The zero-order valence-electron chi connectivity index (χ0n) is 15.9. The molecule has 0 bridgehead atoms. The van der Waals surface area contributed by atoms with Crippen molar-refractivity contribution in [2.75, 3.05) is 33.3 Å². The summed E-state index contributed by atoms with van der Waals surface area (Å²) in [6.07, 6.45) is 7.91. The standard InChI is InChI=1S/C19H27N5O3/c1-3-26-18(25)15-12-22-24(13-15)16-6-4-10-23(14-16)19(20-2)21-9-8-17-7-5-11-27-17/h5,7,11-13,16H,3-4,6,8-10,14H2,1-2H3,(H,20,21). The van der Waals surface area contributed by atoms with Crippen LogP contribution in [0.25, 0.3) is 0 Å². The first-order valence-electron chi connectivity index (χ1n) is 9.40. The summed E-state index contributed by atoms with van der Waals surface area (Å²) >= 11 is 0. The van der Waals surface area contributed by atoms with Gasteiger partial charge in [-0.15, -0.1) is 0 Å². The van der Waals surface area contributed by atoms with Crippen LogP contribution in [-0.4, -0.2) is 59.9 Å². The Hall–Kier alpha value is -2.77. The number of guanidine groups is 1. The van der Waals surface area contributed by atoms with Crippen LogP contribution in [0.5, 0.6) is 0 Å². The third-order valence-electron chi connectivity index (χ3n) is 4.63. The van der Waals surface area contributed by atoms with E-state index in [2.05, 4.69) is 20.3 Å². The van der Waals surface area contributed by atoms with Gasteiger partial charge in [-0.05, 0) is 31.9 Å². The minimum Gasteiger partial charge on any atom is -0.469 e. The van der Waals surface area contributed by atoms with Gasteiger partial charge in [0.25, 0.3) is 0 Å². The van der Waals surface area contributed by atoms with E-state index in [4.69, 9.17) is 9.15 Å². The summed E-state index contributed by atoms with van der Waals surface area (Å²) in [4.78, 5) is 18.5. The van der Waals surface area contributed by atoms with E-state index in [1.165, 1.54) is 0 Å². The summed E-state index contributed by atoms with van der Waals surface area (Å²) in [6, 6.07) is 4.07. The van der Waals surface area contributed by atoms with Gasteiger partial charge in [-0.25, -0.2) is 4.79 Å². The fraction of sp³-hybridized carbons (Fsp3) is 0.526. The summed E-state index contributed by atoms with van der Waals surface area (Å²) in [5.74, 6) is 1.51. The molecule has 0 radical (unpaired) electrons. The molecule has 146 valence electrons. The molecular weight excluding hydrogens is 346 g/mol. The average Bonchev–Trinajstić information content (AvgIpc) is 3.37. The molecule has 1 unspecified atom stereocenters. The number of furan rings is 1. The number of carbonyl (C=O) groups excluding carboxylic acids is 1. The second-order valence-electron chi connectivity index (χ2n) is 6.47. The molecule has 0 amide bonds. The van der Waals surface area contributed by atoms with Crippen LogP contribution in [0.1, 0.15) is 41.9 Å². The fourth-order valence-electron chi connectivity index (χ4n) is 3.31. The summed E-state index contributed by atoms with van der Waals surface area (Å²) in [6.45, 7) is 4.66. The van der Waals surface area contributed by atoms with Crippen LogP contribution in [0.4, 0.5) is 0 Å². The van der Waals surface area contributed by atoms with E-state index in [-0.39, 0.29) is 12.0 Å². The number of aromatic nitrogens is 2. The molecule has 0 aliphatic carbocycles. The smallest absolute Gasteiger partial charge is 0.341 e. The van der Waals surface area contributed by atoms with Crippen molar-refractivity contribution < 1.29 is 13.9 Å².